The first-order chi connectivity index (χ1) is 6.69. The van der Waals surface area contributed by atoms with Crippen molar-refractivity contribution in [2.24, 2.45) is 0 Å². The first-order valence-corrected chi connectivity index (χ1v) is 5.16. The third-order valence-corrected chi connectivity index (χ3v) is 2.48. The number of methoxy groups -OCH3 is 1. The molecule has 14 heavy (non-hydrogen) atoms. The van der Waals surface area contributed by atoms with Crippen LogP contribution >= 0.6 is 23.2 Å². The highest BCUT2D eigenvalue weighted by molar-refractivity contribution is 6.34. The molecule has 0 radical (unpaired) electrons. The monoisotopic (exact) mass is 230 g/mol. The Bertz CT molecular complexity index is 324. The minimum atomic E-state index is 0.418. The molecule has 76 valence electrons. The quantitative estimate of drug-likeness (QED) is 0.716. The number of ether oxygens (including phenoxy) is 1. The number of hydrogen-bond donors (Lipinski definition) is 0. The van der Waals surface area contributed by atoms with E-state index in [1.54, 1.807) is 7.11 Å². The highest BCUT2D eigenvalue weighted by atomic mass is 35.5. The Labute approximate surface area is 94.3 Å². The first-order valence-electron chi connectivity index (χ1n) is 4.24. The average Bonchev–Trinajstić information content (AvgIpc) is 2.19. The van der Waals surface area contributed by atoms with Gasteiger partial charge in [0.1, 0.15) is 5.75 Å². The second-order valence-corrected chi connectivity index (χ2v) is 3.71. The molecule has 0 aliphatic heterocycles. The van der Waals surface area contributed by atoms with Crippen molar-refractivity contribution in [3.63, 3.8) is 0 Å². The van der Waals surface area contributed by atoms with Crippen molar-refractivity contribution in [2.75, 3.05) is 13.0 Å². The summed E-state index contributed by atoms with van der Waals surface area (Å²) < 4.78 is 5.06. The predicted molar refractivity (Wildman–Crippen MR) is 62.2 cm³/mol. The maximum absolute atomic E-state index is 5.92. The van der Waals surface area contributed by atoms with E-state index in [9.17, 15) is 0 Å². The molecule has 0 N–H and O–H groups in total. The molecule has 1 aromatic carbocycles. The molecule has 0 unspecified atom stereocenters. The third kappa shape index (κ3) is 2.66. The van der Waals surface area contributed by atoms with Gasteiger partial charge in [0.25, 0.3) is 0 Å². The van der Waals surface area contributed by atoms with Crippen LogP contribution in [-0.4, -0.2) is 13.0 Å². The van der Waals surface area contributed by atoms with Crippen LogP contribution in [-0.2, 0) is 0 Å². The lowest BCUT2D eigenvalue weighted by molar-refractivity contribution is 0.415. The molecule has 0 spiro atoms. The van der Waals surface area contributed by atoms with Gasteiger partial charge in [0.05, 0.1) is 7.11 Å². The Morgan fingerprint density at radius 1 is 1.29 bits per heavy atom. The summed E-state index contributed by atoms with van der Waals surface area (Å²) in [5, 5.41) is 0.727. The maximum atomic E-state index is 5.92. The van der Waals surface area contributed by atoms with Gasteiger partial charge in [-0.2, -0.15) is 0 Å². The van der Waals surface area contributed by atoms with Crippen LogP contribution in [0, 0.1) is 0 Å². The van der Waals surface area contributed by atoms with E-state index in [0.29, 0.717) is 5.88 Å². The molecule has 1 aromatic rings. The zero-order valence-electron chi connectivity index (χ0n) is 8.18. The van der Waals surface area contributed by atoms with Gasteiger partial charge in [-0.3, -0.25) is 0 Å². The Morgan fingerprint density at radius 2 is 1.86 bits per heavy atom. The molecule has 0 bridgehead atoms. The standard InChI is InChI=1S/C11H12Cl2O/c1-8(13)11(7-12)9-3-5-10(14-2)6-4-9/h3-6H,7H2,1-2H3. The number of rotatable bonds is 3. The molecule has 0 fully saturated rings. The smallest absolute Gasteiger partial charge is 0.118 e. The summed E-state index contributed by atoms with van der Waals surface area (Å²) in [6, 6.07) is 7.67. The fourth-order valence-corrected chi connectivity index (χ4v) is 1.76. The highest BCUT2D eigenvalue weighted by Gasteiger charge is 2.03. The van der Waals surface area contributed by atoms with Crippen LogP contribution in [0.4, 0.5) is 0 Å². The lowest BCUT2D eigenvalue weighted by Gasteiger charge is -2.06. The Kier molecular flexibility index (Phi) is 4.30. The van der Waals surface area contributed by atoms with Gasteiger partial charge in [0.2, 0.25) is 0 Å². The molecule has 3 heteroatoms. The summed E-state index contributed by atoms with van der Waals surface area (Å²) in [5.41, 5.74) is 1.99. The highest BCUT2D eigenvalue weighted by Crippen LogP contribution is 2.24. The molecule has 0 heterocycles. The van der Waals surface area contributed by atoms with Crippen LogP contribution in [0.3, 0.4) is 0 Å². The van der Waals surface area contributed by atoms with Gasteiger partial charge in [-0.05, 0) is 30.2 Å². The van der Waals surface area contributed by atoms with Crippen LogP contribution < -0.4 is 4.74 Å². The van der Waals surface area contributed by atoms with E-state index in [1.165, 1.54) is 0 Å². The number of benzene rings is 1. The summed E-state index contributed by atoms with van der Waals surface area (Å²) >= 11 is 11.7. The molecule has 1 rings (SSSR count). The number of hydrogen-bond acceptors (Lipinski definition) is 1. The predicted octanol–water partition coefficient (Wildman–Crippen LogP) is 3.90. The van der Waals surface area contributed by atoms with Crippen molar-refractivity contribution in [3.8, 4) is 5.75 Å². The lowest BCUT2D eigenvalue weighted by Crippen LogP contribution is -1.88. The van der Waals surface area contributed by atoms with Gasteiger partial charge >= 0.3 is 0 Å². The number of alkyl halides is 1. The zero-order valence-corrected chi connectivity index (χ0v) is 9.69. The Morgan fingerprint density at radius 3 is 2.21 bits per heavy atom. The SMILES string of the molecule is COc1ccc(C(CCl)=C(C)Cl)cc1. The van der Waals surface area contributed by atoms with Gasteiger partial charge in [0, 0.05) is 10.9 Å². The van der Waals surface area contributed by atoms with Crippen molar-refractivity contribution in [3.05, 3.63) is 34.9 Å². The summed E-state index contributed by atoms with van der Waals surface area (Å²) in [7, 11) is 1.64. The van der Waals surface area contributed by atoms with Gasteiger partial charge in [-0.1, -0.05) is 23.7 Å². The fourth-order valence-electron chi connectivity index (χ4n) is 1.16. The van der Waals surface area contributed by atoms with Gasteiger partial charge in [-0.25, -0.2) is 0 Å². The van der Waals surface area contributed by atoms with Crippen molar-refractivity contribution in [1.82, 2.24) is 0 Å². The maximum Gasteiger partial charge on any atom is 0.118 e. The normalized spacial score (nSPS) is 12.3. The van der Waals surface area contributed by atoms with E-state index in [-0.39, 0.29) is 0 Å². The van der Waals surface area contributed by atoms with Crippen LogP contribution in [0.25, 0.3) is 5.57 Å². The molecule has 0 saturated heterocycles. The van der Waals surface area contributed by atoms with Gasteiger partial charge in [0.15, 0.2) is 0 Å². The van der Waals surface area contributed by atoms with Crippen LogP contribution in [0.5, 0.6) is 5.75 Å². The molecule has 0 aliphatic rings. The van der Waals surface area contributed by atoms with E-state index in [4.69, 9.17) is 27.9 Å². The fraction of sp³-hybridized carbons (Fsp3) is 0.273. The lowest BCUT2D eigenvalue weighted by atomic mass is 10.1. The van der Waals surface area contributed by atoms with Crippen LogP contribution in [0.15, 0.2) is 29.3 Å². The Hall–Kier alpha value is -0.660. The van der Waals surface area contributed by atoms with Crippen LogP contribution in [0.1, 0.15) is 12.5 Å². The zero-order chi connectivity index (χ0) is 10.6. The van der Waals surface area contributed by atoms with E-state index < -0.39 is 0 Å². The molecule has 0 aliphatic carbocycles. The van der Waals surface area contributed by atoms with Crippen molar-refractivity contribution in [1.29, 1.82) is 0 Å². The summed E-state index contributed by atoms with van der Waals surface area (Å²) in [5.74, 6) is 1.25. The summed E-state index contributed by atoms with van der Waals surface area (Å²) in [6.07, 6.45) is 0. The molecule has 0 saturated carbocycles. The van der Waals surface area contributed by atoms with Crippen LogP contribution in [0.2, 0.25) is 0 Å². The van der Waals surface area contributed by atoms with E-state index in [0.717, 1.165) is 21.9 Å². The minimum Gasteiger partial charge on any atom is -0.497 e. The first kappa shape index (κ1) is 11.4. The van der Waals surface area contributed by atoms with Crippen molar-refractivity contribution in [2.45, 2.75) is 6.92 Å². The molecular formula is C11H12Cl2O. The molecular weight excluding hydrogens is 219 g/mol. The van der Waals surface area contributed by atoms with Crippen molar-refractivity contribution < 1.29 is 4.74 Å². The molecule has 0 atom stereocenters. The minimum absolute atomic E-state index is 0.418. The largest absolute Gasteiger partial charge is 0.497 e. The second kappa shape index (κ2) is 5.28. The number of halogens is 2. The van der Waals surface area contributed by atoms with E-state index >= 15 is 0 Å². The summed E-state index contributed by atoms with van der Waals surface area (Å²) in [4.78, 5) is 0. The molecule has 1 nitrogen and oxygen atoms in total. The molecule has 0 aromatic heterocycles. The van der Waals surface area contributed by atoms with Gasteiger partial charge in [-0.15, -0.1) is 11.6 Å². The van der Waals surface area contributed by atoms with Gasteiger partial charge < -0.3 is 4.74 Å². The topological polar surface area (TPSA) is 9.23 Å². The van der Waals surface area contributed by atoms with Crippen molar-refractivity contribution >= 4 is 28.8 Å². The summed E-state index contributed by atoms with van der Waals surface area (Å²) in [6.45, 7) is 1.84. The van der Waals surface area contributed by atoms with E-state index in [2.05, 4.69) is 0 Å². The van der Waals surface area contributed by atoms with E-state index in [1.807, 2.05) is 31.2 Å². The Balaban J connectivity index is 3.02. The molecule has 0 amide bonds. The average molecular weight is 231 g/mol. The number of allylic oxidation sites excluding steroid dienone is 2. The third-order valence-electron chi connectivity index (χ3n) is 1.99. The second-order valence-electron chi connectivity index (χ2n) is 2.87.